The summed E-state index contributed by atoms with van der Waals surface area (Å²) in [5.41, 5.74) is 3.97. The first-order valence-corrected chi connectivity index (χ1v) is 8.69. The average Bonchev–Trinajstić information content (AvgIpc) is 2.53. The normalized spacial score (nSPS) is 12.2. The minimum absolute atomic E-state index is 0.0732. The fraction of sp³-hybridized carbons (Fsp3) is 0.176. The van der Waals surface area contributed by atoms with Crippen molar-refractivity contribution in [1.29, 1.82) is 0 Å². The number of aromatic hydroxyl groups is 1. The second-order valence-corrected chi connectivity index (χ2v) is 6.90. The molecule has 0 aliphatic heterocycles. The highest BCUT2D eigenvalue weighted by Crippen LogP contribution is 2.26. The molecule has 5 nitrogen and oxygen atoms in total. The topological polar surface area (TPSA) is 70.9 Å². The smallest absolute Gasteiger partial charge is 0.280 e. The van der Waals surface area contributed by atoms with Crippen LogP contribution >= 0.6 is 31.9 Å². The summed E-state index contributed by atoms with van der Waals surface area (Å²) in [6, 6.07) is 10.5. The zero-order chi connectivity index (χ0) is 17.7. The molecule has 0 saturated carbocycles. The van der Waals surface area contributed by atoms with Crippen molar-refractivity contribution in [1.82, 2.24) is 5.43 Å². The van der Waals surface area contributed by atoms with Gasteiger partial charge in [0, 0.05) is 10.0 Å². The molecule has 7 heteroatoms. The van der Waals surface area contributed by atoms with Crippen LogP contribution in [0.1, 0.15) is 18.1 Å². The Balaban J connectivity index is 1.96. The van der Waals surface area contributed by atoms with E-state index in [0.29, 0.717) is 11.3 Å². The average molecular weight is 456 g/mol. The number of amides is 1. The second kappa shape index (κ2) is 8.30. The van der Waals surface area contributed by atoms with Crippen molar-refractivity contribution in [3.8, 4) is 11.5 Å². The molecule has 2 rings (SSSR count). The van der Waals surface area contributed by atoms with Crippen molar-refractivity contribution in [2.75, 3.05) is 0 Å². The van der Waals surface area contributed by atoms with Gasteiger partial charge in [0.2, 0.25) is 0 Å². The molecule has 0 heterocycles. The lowest BCUT2D eigenvalue weighted by molar-refractivity contribution is -0.127. The molecule has 1 atom stereocenters. The van der Waals surface area contributed by atoms with Gasteiger partial charge in [0.05, 0.1) is 10.7 Å². The van der Waals surface area contributed by atoms with Gasteiger partial charge in [-0.15, -0.1) is 0 Å². The molecule has 2 aromatic rings. The number of ether oxygens (including phenoxy) is 1. The van der Waals surface area contributed by atoms with E-state index in [1.807, 2.05) is 19.1 Å². The monoisotopic (exact) mass is 454 g/mol. The van der Waals surface area contributed by atoms with Crippen molar-refractivity contribution >= 4 is 44.0 Å². The number of phenolic OH excluding ortho intramolecular Hbond substituents is 1. The summed E-state index contributed by atoms with van der Waals surface area (Å²) in [5, 5.41) is 13.5. The molecule has 1 unspecified atom stereocenters. The molecule has 24 heavy (non-hydrogen) atoms. The molecule has 0 bridgehead atoms. The number of hydrazone groups is 1. The van der Waals surface area contributed by atoms with Gasteiger partial charge in [0.1, 0.15) is 11.5 Å². The summed E-state index contributed by atoms with van der Waals surface area (Å²) in [7, 11) is 0. The summed E-state index contributed by atoms with van der Waals surface area (Å²) in [6.45, 7) is 3.60. The molecule has 0 fully saturated rings. The van der Waals surface area contributed by atoms with E-state index >= 15 is 0 Å². The summed E-state index contributed by atoms with van der Waals surface area (Å²) >= 11 is 6.71. The number of nitrogens with zero attached hydrogens (tertiary/aromatic N) is 1. The van der Waals surface area contributed by atoms with Crippen molar-refractivity contribution in [2.45, 2.75) is 20.0 Å². The van der Waals surface area contributed by atoms with E-state index in [1.165, 1.54) is 12.3 Å². The maximum atomic E-state index is 12.0. The van der Waals surface area contributed by atoms with Crippen molar-refractivity contribution < 1.29 is 14.6 Å². The standard InChI is InChI=1S/C17H16Br2N2O3/c1-10-3-6-16(14(19)7-10)24-11(2)17(23)21-20-9-12-8-13(18)4-5-15(12)22/h3-9,11,22H,1-2H3,(H,21,23). The highest BCUT2D eigenvalue weighted by atomic mass is 79.9. The van der Waals surface area contributed by atoms with Gasteiger partial charge in [-0.2, -0.15) is 5.10 Å². The van der Waals surface area contributed by atoms with Crippen molar-refractivity contribution in [3.05, 3.63) is 56.5 Å². The van der Waals surface area contributed by atoms with Crippen LogP contribution in [0.25, 0.3) is 0 Å². The van der Waals surface area contributed by atoms with E-state index in [1.54, 1.807) is 25.1 Å². The number of phenols is 1. The van der Waals surface area contributed by atoms with Crippen LogP contribution < -0.4 is 10.2 Å². The van der Waals surface area contributed by atoms with Crippen LogP contribution in [-0.4, -0.2) is 23.3 Å². The van der Waals surface area contributed by atoms with E-state index in [9.17, 15) is 9.90 Å². The van der Waals surface area contributed by atoms with Gasteiger partial charge in [-0.05, 0) is 65.7 Å². The number of aryl methyl sites for hydroxylation is 1. The third kappa shape index (κ3) is 5.07. The lowest BCUT2D eigenvalue weighted by Gasteiger charge is -2.14. The van der Waals surface area contributed by atoms with Crippen LogP contribution in [0.4, 0.5) is 0 Å². The molecule has 2 N–H and O–H groups in total. The molecule has 1 amide bonds. The molecule has 0 aliphatic rings. The molecule has 126 valence electrons. The number of halogens is 2. The van der Waals surface area contributed by atoms with E-state index < -0.39 is 12.0 Å². The number of carbonyl (C=O) groups is 1. The third-order valence-corrected chi connectivity index (χ3v) is 4.24. The van der Waals surface area contributed by atoms with E-state index in [-0.39, 0.29) is 5.75 Å². The van der Waals surface area contributed by atoms with Gasteiger partial charge in [-0.25, -0.2) is 5.43 Å². The highest BCUT2D eigenvalue weighted by molar-refractivity contribution is 9.10. The van der Waals surface area contributed by atoms with Crippen molar-refractivity contribution in [2.24, 2.45) is 5.10 Å². The Bertz CT molecular complexity index is 778. The van der Waals surface area contributed by atoms with E-state index in [2.05, 4.69) is 42.4 Å². The number of carbonyl (C=O) groups excluding carboxylic acids is 1. The molecule has 0 spiro atoms. The quantitative estimate of drug-likeness (QED) is 0.525. The molecular weight excluding hydrogens is 440 g/mol. The van der Waals surface area contributed by atoms with Crippen LogP contribution in [0.15, 0.2) is 50.4 Å². The van der Waals surface area contributed by atoms with Gasteiger partial charge in [-0.1, -0.05) is 22.0 Å². The van der Waals surface area contributed by atoms with Gasteiger partial charge in [0.25, 0.3) is 5.91 Å². The Hall–Kier alpha value is -1.86. The Morgan fingerprint density at radius 1 is 1.29 bits per heavy atom. The van der Waals surface area contributed by atoms with Gasteiger partial charge < -0.3 is 9.84 Å². The fourth-order valence-corrected chi connectivity index (χ4v) is 2.80. The van der Waals surface area contributed by atoms with Crippen molar-refractivity contribution in [3.63, 3.8) is 0 Å². The summed E-state index contributed by atoms with van der Waals surface area (Å²) in [4.78, 5) is 12.0. The van der Waals surface area contributed by atoms with Crippen LogP contribution in [-0.2, 0) is 4.79 Å². The Morgan fingerprint density at radius 3 is 2.75 bits per heavy atom. The maximum absolute atomic E-state index is 12.0. The Labute approximate surface area is 157 Å². The Kier molecular flexibility index (Phi) is 6.39. The molecule has 2 aromatic carbocycles. The first-order valence-electron chi connectivity index (χ1n) is 7.11. The molecule has 0 saturated heterocycles. The highest BCUT2D eigenvalue weighted by Gasteiger charge is 2.15. The zero-order valence-electron chi connectivity index (χ0n) is 13.1. The number of hydrogen-bond acceptors (Lipinski definition) is 4. The third-order valence-electron chi connectivity index (χ3n) is 3.13. The number of nitrogens with one attached hydrogen (secondary N) is 1. The van der Waals surface area contributed by atoms with Crippen LogP contribution in [0.5, 0.6) is 11.5 Å². The predicted octanol–water partition coefficient (Wildman–Crippen LogP) is 4.14. The Morgan fingerprint density at radius 2 is 2.04 bits per heavy atom. The van der Waals surface area contributed by atoms with Gasteiger partial charge in [0.15, 0.2) is 6.10 Å². The predicted molar refractivity (Wildman–Crippen MR) is 101 cm³/mol. The fourth-order valence-electron chi connectivity index (χ4n) is 1.83. The summed E-state index contributed by atoms with van der Waals surface area (Å²) in [6.07, 6.45) is 0.643. The largest absolute Gasteiger partial charge is 0.507 e. The molecule has 0 aromatic heterocycles. The van der Waals surface area contributed by atoms with Gasteiger partial charge in [-0.3, -0.25) is 4.79 Å². The second-order valence-electron chi connectivity index (χ2n) is 5.13. The van der Waals surface area contributed by atoms with E-state index in [0.717, 1.165) is 14.5 Å². The van der Waals surface area contributed by atoms with Gasteiger partial charge >= 0.3 is 0 Å². The zero-order valence-corrected chi connectivity index (χ0v) is 16.3. The minimum atomic E-state index is -0.725. The number of benzene rings is 2. The maximum Gasteiger partial charge on any atom is 0.280 e. The summed E-state index contributed by atoms with van der Waals surface area (Å²) in [5.74, 6) is 0.258. The number of rotatable bonds is 5. The van der Waals surface area contributed by atoms with Crippen LogP contribution in [0.2, 0.25) is 0 Å². The first-order chi connectivity index (χ1) is 11.4. The molecular formula is C17H16Br2N2O3. The van der Waals surface area contributed by atoms with Crippen LogP contribution in [0, 0.1) is 6.92 Å². The number of hydrogen-bond donors (Lipinski definition) is 2. The van der Waals surface area contributed by atoms with Crippen LogP contribution in [0.3, 0.4) is 0 Å². The summed E-state index contributed by atoms with van der Waals surface area (Å²) < 4.78 is 7.20. The minimum Gasteiger partial charge on any atom is -0.507 e. The molecule has 0 radical (unpaired) electrons. The lowest BCUT2D eigenvalue weighted by Crippen LogP contribution is -2.33. The lowest BCUT2D eigenvalue weighted by atomic mass is 10.2. The van der Waals surface area contributed by atoms with E-state index in [4.69, 9.17) is 4.74 Å². The molecule has 0 aliphatic carbocycles. The SMILES string of the molecule is Cc1ccc(OC(C)C(=O)NN=Cc2cc(Br)ccc2O)c(Br)c1. The first kappa shape index (κ1) is 18.5.